The molecule has 3 aliphatic rings. The molecule has 1 aromatic carbocycles. The maximum absolute atomic E-state index is 13.4. The van der Waals surface area contributed by atoms with E-state index >= 15 is 0 Å². The highest BCUT2D eigenvalue weighted by Gasteiger charge is 2.55. The van der Waals surface area contributed by atoms with Crippen molar-refractivity contribution in [2.24, 2.45) is 17.8 Å². The number of carbonyl (C=O) groups is 2. The molecule has 0 bridgehead atoms. The minimum atomic E-state index is -4.54. The minimum Gasteiger partial charge on any atom is -0.480 e. The van der Waals surface area contributed by atoms with E-state index < -0.39 is 36.2 Å². The number of nitrogens with zero attached hydrogens (tertiary/aromatic N) is 1. The fraction of sp³-hybridized carbons (Fsp3) is 0.625. The number of nitrogens with one attached hydrogen (secondary N) is 3. The van der Waals surface area contributed by atoms with Gasteiger partial charge in [-0.1, -0.05) is 39.0 Å². The molecule has 0 radical (unpaired) electrons. The Labute approximate surface area is 196 Å². The van der Waals surface area contributed by atoms with Gasteiger partial charge >= 0.3 is 6.18 Å². The number of alkyl halides is 3. The van der Waals surface area contributed by atoms with E-state index in [-0.39, 0.29) is 48.3 Å². The molecule has 10 heteroatoms. The number of benzene rings is 1. The largest absolute Gasteiger partial charge is 0.480 e. The standard InChI is InChI=1S/C24H31F3N4O3/c1-4-23(5-2)11-19(32)31(22(28)30-23)12-15-13(3)20(15)21(33)29-16-10-18(24(25,26)27)34-17-9-7-6-8-14(16)17/h6-9,13,15-16,18,20H,4-5,10-12H2,1-3H3,(H2,28,30)(H,29,33)/t13?,15?,16-,18+,20?/m0/s1. The molecule has 0 spiro atoms. The summed E-state index contributed by atoms with van der Waals surface area (Å²) in [5.41, 5.74) is 0.107. The van der Waals surface area contributed by atoms with Gasteiger partial charge in [-0.15, -0.1) is 0 Å². The number of fused-ring (bicyclic) bond motifs is 1. The van der Waals surface area contributed by atoms with E-state index in [1.165, 1.54) is 11.0 Å². The van der Waals surface area contributed by atoms with Crippen molar-refractivity contribution in [1.82, 2.24) is 15.5 Å². The fourth-order valence-corrected chi connectivity index (χ4v) is 5.23. The molecule has 1 saturated carbocycles. The molecule has 3 unspecified atom stereocenters. The quantitative estimate of drug-likeness (QED) is 0.578. The second-order valence-corrected chi connectivity index (χ2v) is 9.67. The zero-order valence-electron chi connectivity index (χ0n) is 19.5. The van der Waals surface area contributed by atoms with Crippen molar-refractivity contribution in [1.29, 1.82) is 5.41 Å². The van der Waals surface area contributed by atoms with Gasteiger partial charge in [0.15, 0.2) is 12.1 Å². The van der Waals surface area contributed by atoms with E-state index in [0.717, 1.165) is 12.8 Å². The number of para-hydroxylation sites is 1. The summed E-state index contributed by atoms with van der Waals surface area (Å²) in [6.07, 6.45) is -5.19. The van der Waals surface area contributed by atoms with Gasteiger partial charge in [-0.05, 0) is 30.7 Å². The molecule has 2 heterocycles. The second-order valence-electron chi connectivity index (χ2n) is 9.67. The number of ether oxygens (including phenoxy) is 1. The van der Waals surface area contributed by atoms with Crippen molar-refractivity contribution in [2.75, 3.05) is 6.54 Å². The van der Waals surface area contributed by atoms with Crippen LogP contribution in [0.15, 0.2) is 24.3 Å². The van der Waals surface area contributed by atoms with E-state index in [0.29, 0.717) is 5.56 Å². The highest BCUT2D eigenvalue weighted by atomic mass is 19.4. The van der Waals surface area contributed by atoms with Gasteiger partial charge in [0, 0.05) is 30.0 Å². The van der Waals surface area contributed by atoms with Gasteiger partial charge in [0.05, 0.1) is 12.5 Å². The first-order valence-corrected chi connectivity index (χ1v) is 11.8. The average molecular weight is 481 g/mol. The molecular formula is C24H31F3N4O3. The molecule has 2 aliphatic heterocycles. The van der Waals surface area contributed by atoms with Crippen LogP contribution >= 0.6 is 0 Å². The number of amides is 2. The predicted octanol–water partition coefficient (Wildman–Crippen LogP) is 3.75. The van der Waals surface area contributed by atoms with Gasteiger partial charge in [0.25, 0.3) is 0 Å². The van der Waals surface area contributed by atoms with E-state index in [2.05, 4.69) is 10.6 Å². The molecular weight excluding hydrogens is 449 g/mol. The molecule has 186 valence electrons. The number of hydrogen-bond acceptors (Lipinski definition) is 4. The molecule has 2 fully saturated rings. The van der Waals surface area contributed by atoms with Crippen molar-refractivity contribution in [3.63, 3.8) is 0 Å². The Balaban J connectivity index is 1.42. The molecule has 1 aromatic rings. The van der Waals surface area contributed by atoms with Crippen molar-refractivity contribution >= 4 is 17.8 Å². The Hall–Kier alpha value is -2.78. The summed E-state index contributed by atoms with van der Waals surface area (Å²) in [6.45, 7) is 6.09. The van der Waals surface area contributed by atoms with Crippen molar-refractivity contribution in [3.8, 4) is 5.75 Å². The van der Waals surface area contributed by atoms with Crippen LogP contribution in [0.2, 0.25) is 0 Å². The summed E-state index contributed by atoms with van der Waals surface area (Å²) in [7, 11) is 0. The Morgan fingerprint density at radius 3 is 2.59 bits per heavy atom. The van der Waals surface area contributed by atoms with Gasteiger partial charge in [-0.25, -0.2) is 0 Å². The lowest BCUT2D eigenvalue weighted by molar-refractivity contribution is -0.201. The summed E-state index contributed by atoms with van der Waals surface area (Å²) in [6, 6.07) is 5.62. The van der Waals surface area contributed by atoms with Gasteiger partial charge in [-0.2, -0.15) is 13.2 Å². The zero-order chi connectivity index (χ0) is 24.8. The molecule has 1 saturated heterocycles. The Morgan fingerprint density at radius 1 is 1.29 bits per heavy atom. The first-order chi connectivity index (χ1) is 16.0. The molecule has 3 N–H and O–H groups in total. The van der Waals surface area contributed by atoms with Crippen LogP contribution in [0.4, 0.5) is 13.2 Å². The lowest BCUT2D eigenvalue weighted by Crippen LogP contribution is -2.62. The Morgan fingerprint density at radius 2 is 1.97 bits per heavy atom. The summed E-state index contributed by atoms with van der Waals surface area (Å²) >= 11 is 0. The van der Waals surface area contributed by atoms with Gasteiger partial charge in [0.2, 0.25) is 11.8 Å². The van der Waals surface area contributed by atoms with E-state index in [1.54, 1.807) is 18.2 Å². The maximum atomic E-state index is 13.4. The molecule has 34 heavy (non-hydrogen) atoms. The summed E-state index contributed by atoms with van der Waals surface area (Å²) in [5.74, 6) is -0.935. The normalized spacial score (nSPS) is 30.2. The SMILES string of the molecule is CCC1(CC)CC(=O)N(CC2C(C)C2C(=O)N[C@H]2C[C@H](C(F)(F)F)Oc3ccccc32)C(=N)N1. The number of hydrogen-bond donors (Lipinski definition) is 3. The highest BCUT2D eigenvalue weighted by molar-refractivity contribution is 5.99. The smallest absolute Gasteiger partial charge is 0.425 e. The Bertz CT molecular complexity index is 958. The molecule has 5 atom stereocenters. The lowest BCUT2D eigenvalue weighted by Gasteiger charge is -2.42. The summed E-state index contributed by atoms with van der Waals surface area (Å²) in [5, 5.41) is 14.3. The molecule has 7 nitrogen and oxygen atoms in total. The topological polar surface area (TPSA) is 94.5 Å². The van der Waals surface area contributed by atoms with Crippen LogP contribution < -0.4 is 15.4 Å². The predicted molar refractivity (Wildman–Crippen MR) is 119 cm³/mol. The number of halogens is 3. The number of carbonyl (C=O) groups excluding carboxylic acids is 2. The number of guanidine groups is 1. The third-order valence-corrected chi connectivity index (χ3v) is 7.75. The van der Waals surface area contributed by atoms with Gasteiger partial charge < -0.3 is 15.4 Å². The second kappa shape index (κ2) is 8.78. The van der Waals surface area contributed by atoms with Crippen LogP contribution in [-0.4, -0.2) is 47.0 Å². The van der Waals surface area contributed by atoms with Crippen LogP contribution in [0.3, 0.4) is 0 Å². The average Bonchev–Trinajstić information content (AvgIpc) is 3.44. The molecule has 2 amide bonds. The van der Waals surface area contributed by atoms with Gasteiger partial charge in [0.1, 0.15) is 5.75 Å². The Kier molecular flexibility index (Phi) is 6.29. The van der Waals surface area contributed by atoms with Crippen molar-refractivity contribution in [3.05, 3.63) is 29.8 Å². The van der Waals surface area contributed by atoms with Crippen LogP contribution in [0, 0.1) is 23.2 Å². The van der Waals surface area contributed by atoms with Crippen LogP contribution in [0.1, 0.15) is 58.1 Å². The number of rotatable bonds is 6. The molecule has 1 aliphatic carbocycles. The third kappa shape index (κ3) is 4.46. The maximum Gasteiger partial charge on any atom is 0.425 e. The fourth-order valence-electron chi connectivity index (χ4n) is 5.23. The summed E-state index contributed by atoms with van der Waals surface area (Å²) in [4.78, 5) is 27.2. The van der Waals surface area contributed by atoms with Crippen LogP contribution in [-0.2, 0) is 9.59 Å². The monoisotopic (exact) mass is 480 g/mol. The van der Waals surface area contributed by atoms with E-state index in [1.807, 2.05) is 20.8 Å². The van der Waals surface area contributed by atoms with Crippen molar-refractivity contribution < 1.29 is 27.5 Å². The van der Waals surface area contributed by atoms with E-state index in [4.69, 9.17) is 10.1 Å². The highest BCUT2D eigenvalue weighted by Crippen LogP contribution is 2.48. The zero-order valence-corrected chi connectivity index (χ0v) is 19.5. The van der Waals surface area contributed by atoms with Gasteiger partial charge in [-0.3, -0.25) is 19.9 Å². The van der Waals surface area contributed by atoms with E-state index in [9.17, 15) is 22.8 Å². The van der Waals surface area contributed by atoms with Crippen LogP contribution in [0.5, 0.6) is 5.75 Å². The first kappa shape index (κ1) is 24.3. The minimum absolute atomic E-state index is 0.0434. The third-order valence-electron chi connectivity index (χ3n) is 7.75. The molecule has 4 rings (SSSR count). The molecule has 0 aromatic heterocycles. The van der Waals surface area contributed by atoms with Crippen LogP contribution in [0.25, 0.3) is 0 Å². The lowest BCUT2D eigenvalue weighted by atomic mass is 9.87. The van der Waals surface area contributed by atoms with Crippen molar-refractivity contribution in [2.45, 2.75) is 70.3 Å². The summed E-state index contributed by atoms with van der Waals surface area (Å²) < 4.78 is 45.3. The first-order valence-electron chi connectivity index (χ1n) is 11.8.